The lowest BCUT2D eigenvalue weighted by molar-refractivity contribution is -0.167. The number of carbonyl (C=O) groups excluding carboxylic acids is 3. The van der Waals surface area contributed by atoms with Crippen molar-refractivity contribution in [2.24, 2.45) is 0 Å². The highest BCUT2D eigenvalue weighted by molar-refractivity contribution is 5.71. The lowest BCUT2D eigenvalue weighted by Crippen LogP contribution is -2.30. The molecule has 0 saturated carbocycles. The smallest absolute Gasteiger partial charge is 0.306 e. The molecule has 0 spiro atoms. The maximum atomic E-state index is 13.0. The SMILES string of the molecule is CCCCCCCCC/C=C\CCCCCCCCCC(=O)OC(COC(=O)CCCCCCCCCCCCCCCCCCC)COC(=O)CCCCCCCCCCCCCCCCCCCCCCCCCCCCC. The Labute approximate surface area is 501 Å². The first-order valence-corrected chi connectivity index (χ1v) is 36.7. The van der Waals surface area contributed by atoms with Gasteiger partial charge in [0.1, 0.15) is 13.2 Å². The Morgan fingerprint density at radius 1 is 0.237 bits per heavy atom. The van der Waals surface area contributed by atoms with Gasteiger partial charge in [-0.05, 0) is 44.9 Å². The zero-order valence-electron chi connectivity index (χ0n) is 54.6. The van der Waals surface area contributed by atoms with Crippen molar-refractivity contribution < 1.29 is 28.6 Å². The molecule has 6 heteroatoms. The molecular weight excluding hydrogens is 985 g/mol. The van der Waals surface area contributed by atoms with E-state index in [2.05, 4.69) is 32.9 Å². The summed E-state index contributed by atoms with van der Waals surface area (Å²) in [6.07, 6.45) is 83.9. The summed E-state index contributed by atoms with van der Waals surface area (Å²) in [5.41, 5.74) is 0. The first kappa shape index (κ1) is 78.1. The van der Waals surface area contributed by atoms with Gasteiger partial charge in [0.2, 0.25) is 0 Å². The third-order valence-corrected chi connectivity index (χ3v) is 17.0. The highest BCUT2D eigenvalue weighted by atomic mass is 16.6. The van der Waals surface area contributed by atoms with Crippen LogP contribution < -0.4 is 0 Å². The topological polar surface area (TPSA) is 78.9 Å². The highest BCUT2D eigenvalue weighted by Gasteiger charge is 2.20. The minimum absolute atomic E-state index is 0.0647. The number of ether oxygens (including phenoxy) is 3. The van der Waals surface area contributed by atoms with E-state index in [1.807, 2.05) is 0 Å². The number of unbranched alkanes of at least 4 members (excludes halogenated alkanes) is 56. The third kappa shape index (κ3) is 66.9. The third-order valence-electron chi connectivity index (χ3n) is 17.0. The van der Waals surface area contributed by atoms with Gasteiger partial charge in [-0.3, -0.25) is 14.4 Å². The summed E-state index contributed by atoms with van der Waals surface area (Å²) in [5.74, 6) is -0.831. The molecule has 0 aromatic heterocycles. The largest absolute Gasteiger partial charge is 0.462 e. The average molecular weight is 1130 g/mol. The maximum Gasteiger partial charge on any atom is 0.306 e. The molecule has 6 nitrogen and oxygen atoms in total. The fraction of sp³-hybridized carbons (Fsp3) is 0.932. The molecule has 0 aliphatic rings. The minimum Gasteiger partial charge on any atom is -0.462 e. The summed E-state index contributed by atoms with van der Waals surface area (Å²) >= 11 is 0. The van der Waals surface area contributed by atoms with Crippen LogP contribution in [0.2, 0.25) is 0 Å². The molecule has 0 N–H and O–H groups in total. The fourth-order valence-corrected chi connectivity index (χ4v) is 11.5. The van der Waals surface area contributed by atoms with Crippen molar-refractivity contribution >= 4 is 17.9 Å². The van der Waals surface area contributed by atoms with Gasteiger partial charge in [-0.1, -0.05) is 373 Å². The van der Waals surface area contributed by atoms with E-state index < -0.39 is 6.10 Å². The van der Waals surface area contributed by atoms with Gasteiger partial charge in [-0.2, -0.15) is 0 Å². The van der Waals surface area contributed by atoms with Gasteiger partial charge in [0.15, 0.2) is 6.10 Å². The van der Waals surface area contributed by atoms with Crippen LogP contribution in [0.3, 0.4) is 0 Å². The van der Waals surface area contributed by atoms with E-state index in [4.69, 9.17) is 14.2 Å². The Hall–Kier alpha value is -1.85. The number of esters is 3. The van der Waals surface area contributed by atoms with Crippen molar-refractivity contribution in [1.29, 1.82) is 0 Å². The molecular formula is C74H142O6. The molecule has 474 valence electrons. The second-order valence-electron chi connectivity index (χ2n) is 25.2. The zero-order chi connectivity index (χ0) is 57.8. The monoisotopic (exact) mass is 1130 g/mol. The standard InChI is InChI=1S/C74H142O6/c1-4-7-10-13-16-19-22-25-28-31-33-34-35-36-37-38-39-40-41-44-46-49-52-55-58-61-64-67-73(76)79-70-71(69-78-72(75)66-63-60-57-54-51-48-45-42-30-27-24-21-18-15-12-9-6-3)80-74(77)68-65-62-59-56-53-50-47-43-32-29-26-23-20-17-14-11-8-5-2/h29,32,71H,4-28,30-31,33-70H2,1-3H3/b32-29-. The van der Waals surface area contributed by atoms with Crippen LogP contribution in [-0.4, -0.2) is 37.2 Å². The summed E-state index contributed by atoms with van der Waals surface area (Å²) in [4.78, 5) is 38.5. The number of rotatable bonds is 69. The van der Waals surface area contributed by atoms with E-state index in [0.717, 1.165) is 57.8 Å². The Balaban J connectivity index is 4.22. The molecule has 0 bridgehead atoms. The number of hydrogen-bond donors (Lipinski definition) is 0. The first-order valence-electron chi connectivity index (χ1n) is 36.7. The van der Waals surface area contributed by atoms with Gasteiger partial charge in [0, 0.05) is 19.3 Å². The first-order chi connectivity index (χ1) is 39.5. The molecule has 0 amide bonds. The second kappa shape index (κ2) is 69.6. The predicted octanol–water partition coefficient (Wildman–Crippen LogP) is 25.2. The van der Waals surface area contributed by atoms with Gasteiger partial charge in [-0.25, -0.2) is 0 Å². The molecule has 80 heavy (non-hydrogen) atoms. The minimum atomic E-state index is -0.769. The summed E-state index contributed by atoms with van der Waals surface area (Å²) < 4.78 is 17.0. The maximum absolute atomic E-state index is 13.0. The van der Waals surface area contributed by atoms with E-state index in [-0.39, 0.29) is 31.1 Å². The van der Waals surface area contributed by atoms with Crippen LogP contribution in [0.1, 0.15) is 425 Å². The van der Waals surface area contributed by atoms with Crippen LogP contribution in [0.25, 0.3) is 0 Å². The molecule has 0 aromatic carbocycles. The van der Waals surface area contributed by atoms with Crippen LogP contribution >= 0.6 is 0 Å². The van der Waals surface area contributed by atoms with E-state index in [0.29, 0.717) is 19.3 Å². The Bertz CT molecular complexity index is 1250. The Morgan fingerprint density at radius 2 is 0.412 bits per heavy atom. The molecule has 0 fully saturated rings. The molecule has 0 heterocycles. The molecule has 0 aromatic rings. The van der Waals surface area contributed by atoms with Gasteiger partial charge in [0.05, 0.1) is 0 Å². The predicted molar refractivity (Wildman–Crippen MR) is 349 cm³/mol. The average Bonchev–Trinajstić information content (AvgIpc) is 3.46. The van der Waals surface area contributed by atoms with E-state index in [9.17, 15) is 14.4 Å². The molecule has 0 aliphatic carbocycles. The van der Waals surface area contributed by atoms with Gasteiger partial charge < -0.3 is 14.2 Å². The lowest BCUT2D eigenvalue weighted by atomic mass is 10.0. The van der Waals surface area contributed by atoms with Crippen molar-refractivity contribution in [2.45, 2.75) is 431 Å². The van der Waals surface area contributed by atoms with Gasteiger partial charge in [0.25, 0.3) is 0 Å². The van der Waals surface area contributed by atoms with Crippen molar-refractivity contribution in [3.05, 3.63) is 12.2 Å². The molecule has 0 radical (unpaired) electrons. The van der Waals surface area contributed by atoms with Crippen LogP contribution in [0.15, 0.2) is 12.2 Å². The second-order valence-corrected chi connectivity index (χ2v) is 25.2. The molecule has 0 saturated heterocycles. The van der Waals surface area contributed by atoms with Crippen LogP contribution in [0.5, 0.6) is 0 Å². The highest BCUT2D eigenvalue weighted by Crippen LogP contribution is 2.19. The summed E-state index contributed by atoms with van der Waals surface area (Å²) in [6.45, 7) is 6.73. The summed E-state index contributed by atoms with van der Waals surface area (Å²) in [6, 6.07) is 0. The normalized spacial score (nSPS) is 12.0. The Morgan fingerprint density at radius 3 is 0.625 bits per heavy atom. The van der Waals surface area contributed by atoms with Crippen molar-refractivity contribution in [1.82, 2.24) is 0 Å². The number of carbonyl (C=O) groups is 3. The van der Waals surface area contributed by atoms with Crippen molar-refractivity contribution in [3.8, 4) is 0 Å². The van der Waals surface area contributed by atoms with Gasteiger partial charge >= 0.3 is 17.9 Å². The van der Waals surface area contributed by atoms with Crippen LogP contribution in [-0.2, 0) is 28.6 Å². The van der Waals surface area contributed by atoms with Crippen molar-refractivity contribution in [3.63, 3.8) is 0 Å². The molecule has 0 aliphatic heterocycles. The quantitative estimate of drug-likeness (QED) is 0.0261. The van der Waals surface area contributed by atoms with Gasteiger partial charge in [-0.15, -0.1) is 0 Å². The fourth-order valence-electron chi connectivity index (χ4n) is 11.5. The van der Waals surface area contributed by atoms with Crippen LogP contribution in [0, 0.1) is 0 Å². The number of hydrogen-bond acceptors (Lipinski definition) is 6. The molecule has 1 atom stereocenters. The summed E-state index contributed by atoms with van der Waals surface area (Å²) in [7, 11) is 0. The molecule has 0 rings (SSSR count). The molecule has 1 unspecified atom stereocenters. The van der Waals surface area contributed by atoms with Crippen LogP contribution in [0.4, 0.5) is 0 Å². The number of allylic oxidation sites excluding steroid dienone is 2. The zero-order valence-corrected chi connectivity index (χ0v) is 54.6. The van der Waals surface area contributed by atoms with E-state index in [1.54, 1.807) is 0 Å². The van der Waals surface area contributed by atoms with E-state index >= 15 is 0 Å². The summed E-state index contributed by atoms with van der Waals surface area (Å²) in [5, 5.41) is 0. The van der Waals surface area contributed by atoms with Crippen molar-refractivity contribution in [2.75, 3.05) is 13.2 Å². The van der Waals surface area contributed by atoms with E-state index in [1.165, 1.54) is 327 Å². The Kier molecular flexibility index (Phi) is 68.0. The lowest BCUT2D eigenvalue weighted by Gasteiger charge is -2.18.